The summed E-state index contributed by atoms with van der Waals surface area (Å²) >= 11 is 3.56. The molecular formula is C16H16BrN3. The predicted molar refractivity (Wildman–Crippen MR) is 87.4 cm³/mol. The summed E-state index contributed by atoms with van der Waals surface area (Å²) in [5, 5.41) is 0. The summed E-state index contributed by atoms with van der Waals surface area (Å²) in [5.41, 5.74) is 4.61. The third-order valence-corrected chi connectivity index (χ3v) is 3.99. The van der Waals surface area contributed by atoms with Crippen molar-refractivity contribution in [3.8, 4) is 11.4 Å². The molecule has 1 aromatic carbocycles. The minimum Gasteiger partial charge on any atom is -0.378 e. The van der Waals surface area contributed by atoms with E-state index in [1.165, 1.54) is 5.56 Å². The summed E-state index contributed by atoms with van der Waals surface area (Å²) in [4.78, 5) is 6.74. The van der Waals surface area contributed by atoms with Gasteiger partial charge in [-0.15, -0.1) is 0 Å². The Kier molecular flexibility index (Phi) is 3.26. The molecule has 0 saturated carbocycles. The van der Waals surface area contributed by atoms with Gasteiger partial charge in [0.05, 0.1) is 5.52 Å². The monoisotopic (exact) mass is 329 g/mol. The van der Waals surface area contributed by atoms with E-state index in [-0.39, 0.29) is 0 Å². The van der Waals surface area contributed by atoms with Crippen LogP contribution in [0.15, 0.2) is 47.2 Å². The second-order valence-corrected chi connectivity index (χ2v) is 5.88. The highest BCUT2D eigenvalue weighted by Gasteiger charge is 2.11. The Labute approximate surface area is 127 Å². The summed E-state index contributed by atoms with van der Waals surface area (Å²) in [6, 6.07) is 12.7. The van der Waals surface area contributed by atoms with Gasteiger partial charge in [-0.1, -0.05) is 29.8 Å². The number of hydrogen-bond acceptors (Lipinski definition) is 2. The highest BCUT2D eigenvalue weighted by atomic mass is 79.9. The van der Waals surface area contributed by atoms with E-state index in [2.05, 4.69) is 79.7 Å². The number of hydrogen-bond donors (Lipinski definition) is 0. The van der Waals surface area contributed by atoms with Crippen molar-refractivity contribution < 1.29 is 0 Å². The fourth-order valence-electron chi connectivity index (χ4n) is 2.22. The van der Waals surface area contributed by atoms with Gasteiger partial charge in [-0.05, 0) is 35.0 Å². The van der Waals surface area contributed by atoms with Crippen LogP contribution < -0.4 is 4.90 Å². The summed E-state index contributed by atoms with van der Waals surface area (Å²) < 4.78 is 2.98. The maximum absolute atomic E-state index is 4.65. The molecule has 0 aliphatic carbocycles. The SMILES string of the molecule is Cc1ccc(-c2nc(Br)c3cc(N(C)C)ccn23)cc1. The summed E-state index contributed by atoms with van der Waals surface area (Å²) in [7, 11) is 4.08. The second kappa shape index (κ2) is 4.94. The number of nitrogens with zero attached hydrogens (tertiary/aromatic N) is 3. The Balaban J connectivity index is 2.20. The Bertz CT molecular complexity index is 757. The van der Waals surface area contributed by atoms with Gasteiger partial charge in [-0.25, -0.2) is 4.98 Å². The molecule has 3 nitrogen and oxygen atoms in total. The van der Waals surface area contributed by atoms with E-state index in [4.69, 9.17) is 0 Å². The molecule has 0 aliphatic rings. The van der Waals surface area contributed by atoms with Crippen molar-refractivity contribution in [1.29, 1.82) is 0 Å². The summed E-state index contributed by atoms with van der Waals surface area (Å²) in [5.74, 6) is 0.956. The van der Waals surface area contributed by atoms with Gasteiger partial charge in [-0.3, -0.25) is 4.40 Å². The number of fused-ring (bicyclic) bond motifs is 1. The molecule has 0 radical (unpaired) electrons. The second-order valence-electron chi connectivity index (χ2n) is 5.13. The van der Waals surface area contributed by atoms with Crippen molar-refractivity contribution in [3.05, 3.63) is 52.8 Å². The molecular weight excluding hydrogens is 314 g/mol. The summed E-state index contributed by atoms with van der Waals surface area (Å²) in [6.45, 7) is 2.09. The highest BCUT2D eigenvalue weighted by molar-refractivity contribution is 9.10. The van der Waals surface area contributed by atoms with Crippen LogP contribution in [0.1, 0.15) is 5.56 Å². The minimum absolute atomic E-state index is 0.872. The van der Waals surface area contributed by atoms with Crippen LogP contribution in [0, 0.1) is 6.92 Å². The number of halogens is 1. The van der Waals surface area contributed by atoms with E-state index < -0.39 is 0 Å². The quantitative estimate of drug-likeness (QED) is 0.704. The van der Waals surface area contributed by atoms with Gasteiger partial charge in [0.15, 0.2) is 0 Å². The number of aromatic nitrogens is 2. The van der Waals surface area contributed by atoms with Crippen LogP contribution in [-0.2, 0) is 0 Å². The number of imidazole rings is 1. The summed E-state index contributed by atoms with van der Waals surface area (Å²) in [6.07, 6.45) is 2.07. The molecule has 20 heavy (non-hydrogen) atoms. The lowest BCUT2D eigenvalue weighted by Gasteiger charge is -2.12. The first kappa shape index (κ1) is 13.2. The fraction of sp³-hybridized carbons (Fsp3) is 0.188. The van der Waals surface area contributed by atoms with E-state index in [0.717, 1.165) is 27.2 Å². The number of aryl methyl sites for hydroxylation is 1. The molecule has 0 aliphatic heterocycles. The Morgan fingerprint density at radius 3 is 2.45 bits per heavy atom. The maximum atomic E-state index is 4.65. The van der Waals surface area contributed by atoms with Gasteiger partial charge in [0, 0.05) is 31.5 Å². The predicted octanol–water partition coefficient (Wildman–Crippen LogP) is 4.14. The number of pyridine rings is 1. The molecule has 0 spiro atoms. The van der Waals surface area contributed by atoms with Gasteiger partial charge < -0.3 is 4.90 Å². The van der Waals surface area contributed by atoms with Crippen LogP contribution in [0.2, 0.25) is 0 Å². The molecule has 0 N–H and O–H groups in total. The Morgan fingerprint density at radius 2 is 1.80 bits per heavy atom. The molecule has 0 saturated heterocycles. The molecule has 3 aromatic rings. The van der Waals surface area contributed by atoms with Crippen molar-refractivity contribution in [1.82, 2.24) is 9.38 Å². The fourth-order valence-corrected chi connectivity index (χ4v) is 2.69. The van der Waals surface area contributed by atoms with E-state index >= 15 is 0 Å². The first-order valence-corrected chi connectivity index (χ1v) is 7.27. The number of anilines is 1. The van der Waals surface area contributed by atoms with Gasteiger partial charge in [0.1, 0.15) is 10.4 Å². The lowest BCUT2D eigenvalue weighted by atomic mass is 10.1. The molecule has 0 fully saturated rings. The van der Waals surface area contributed by atoms with Crippen molar-refractivity contribution >= 4 is 27.1 Å². The first-order chi connectivity index (χ1) is 9.56. The maximum Gasteiger partial charge on any atom is 0.145 e. The van der Waals surface area contributed by atoms with Gasteiger partial charge in [0.25, 0.3) is 0 Å². The lowest BCUT2D eigenvalue weighted by molar-refractivity contribution is 1.10. The molecule has 0 atom stereocenters. The zero-order valence-corrected chi connectivity index (χ0v) is 13.3. The normalized spacial score (nSPS) is 11.0. The van der Waals surface area contributed by atoms with Crippen molar-refractivity contribution in [3.63, 3.8) is 0 Å². The smallest absolute Gasteiger partial charge is 0.145 e. The van der Waals surface area contributed by atoms with Crippen LogP contribution >= 0.6 is 15.9 Å². The average Bonchev–Trinajstić information content (AvgIpc) is 2.76. The first-order valence-electron chi connectivity index (χ1n) is 6.48. The topological polar surface area (TPSA) is 20.5 Å². The van der Waals surface area contributed by atoms with Gasteiger partial charge in [-0.2, -0.15) is 0 Å². The molecule has 0 bridgehead atoms. The molecule has 2 heterocycles. The number of rotatable bonds is 2. The molecule has 3 rings (SSSR count). The standard InChI is InChI=1S/C16H16BrN3/c1-11-4-6-12(7-5-11)16-18-15(17)14-10-13(19(2)3)8-9-20(14)16/h4-10H,1-3H3. The van der Waals surface area contributed by atoms with Crippen LogP contribution in [0.3, 0.4) is 0 Å². The molecule has 0 amide bonds. The van der Waals surface area contributed by atoms with E-state index in [0.29, 0.717) is 0 Å². The third kappa shape index (κ3) is 2.20. The Hall–Kier alpha value is -1.81. The van der Waals surface area contributed by atoms with Crippen LogP contribution in [0.25, 0.3) is 16.9 Å². The zero-order chi connectivity index (χ0) is 14.3. The van der Waals surface area contributed by atoms with Crippen molar-refractivity contribution in [2.75, 3.05) is 19.0 Å². The van der Waals surface area contributed by atoms with E-state index in [1.807, 2.05) is 14.1 Å². The van der Waals surface area contributed by atoms with Crippen molar-refractivity contribution in [2.24, 2.45) is 0 Å². The lowest BCUT2D eigenvalue weighted by Crippen LogP contribution is -2.08. The average molecular weight is 330 g/mol. The van der Waals surface area contributed by atoms with Crippen LogP contribution in [0.4, 0.5) is 5.69 Å². The molecule has 2 aromatic heterocycles. The molecule has 0 unspecified atom stereocenters. The van der Waals surface area contributed by atoms with Crippen molar-refractivity contribution in [2.45, 2.75) is 6.92 Å². The molecule has 102 valence electrons. The van der Waals surface area contributed by atoms with Crippen LogP contribution in [-0.4, -0.2) is 23.5 Å². The van der Waals surface area contributed by atoms with Gasteiger partial charge in [0.2, 0.25) is 0 Å². The third-order valence-electron chi connectivity index (χ3n) is 3.41. The highest BCUT2D eigenvalue weighted by Crippen LogP contribution is 2.28. The largest absolute Gasteiger partial charge is 0.378 e. The van der Waals surface area contributed by atoms with E-state index in [9.17, 15) is 0 Å². The molecule has 4 heteroatoms. The Morgan fingerprint density at radius 1 is 1.10 bits per heavy atom. The van der Waals surface area contributed by atoms with Gasteiger partial charge >= 0.3 is 0 Å². The minimum atomic E-state index is 0.872. The zero-order valence-electron chi connectivity index (χ0n) is 11.8. The van der Waals surface area contributed by atoms with E-state index in [1.54, 1.807) is 0 Å². The number of benzene rings is 1. The van der Waals surface area contributed by atoms with Crippen LogP contribution in [0.5, 0.6) is 0 Å².